The van der Waals surface area contributed by atoms with Crippen LogP contribution in [-0.2, 0) is 39.1 Å². The lowest BCUT2D eigenvalue weighted by Gasteiger charge is -2.34. The summed E-state index contributed by atoms with van der Waals surface area (Å²) < 4.78 is 32.8. The van der Waals surface area contributed by atoms with Gasteiger partial charge in [0.05, 0.1) is 18.1 Å². The molecule has 0 spiro atoms. The Morgan fingerprint density at radius 3 is 2.52 bits per heavy atom. The van der Waals surface area contributed by atoms with Gasteiger partial charge in [0, 0.05) is 13.0 Å². The highest BCUT2D eigenvalue weighted by Gasteiger charge is 2.40. The summed E-state index contributed by atoms with van der Waals surface area (Å²) in [5.74, 6) is -0.551. The molecule has 3 rings (SSSR count). The van der Waals surface area contributed by atoms with Crippen LogP contribution in [0.3, 0.4) is 0 Å². The molecule has 2 aromatic rings. The Hall–Kier alpha value is -2.22. The van der Waals surface area contributed by atoms with E-state index in [1.54, 1.807) is 43.3 Å². The van der Waals surface area contributed by atoms with Gasteiger partial charge < -0.3 is 9.84 Å². The van der Waals surface area contributed by atoms with Gasteiger partial charge in [-0.2, -0.15) is 4.31 Å². The number of benzene rings is 2. The van der Waals surface area contributed by atoms with Crippen molar-refractivity contribution in [2.45, 2.75) is 44.4 Å². The summed E-state index contributed by atoms with van der Waals surface area (Å²) in [4.78, 5) is 12.6. The highest BCUT2D eigenvalue weighted by molar-refractivity contribution is 7.89. The Balaban J connectivity index is 2.05. The molecule has 1 aliphatic heterocycles. The topological polar surface area (TPSA) is 83.9 Å². The van der Waals surface area contributed by atoms with Crippen molar-refractivity contribution in [3.05, 3.63) is 64.7 Å². The van der Waals surface area contributed by atoms with Crippen molar-refractivity contribution >= 4 is 16.0 Å². The third-order valence-corrected chi connectivity index (χ3v) is 6.60. The number of aliphatic hydroxyl groups excluding tert-OH is 1. The molecule has 0 aliphatic carbocycles. The number of hydrogen-bond donors (Lipinski definition) is 1. The Labute approximate surface area is 159 Å². The van der Waals surface area contributed by atoms with E-state index in [0.29, 0.717) is 5.56 Å². The Morgan fingerprint density at radius 1 is 1.19 bits per heavy atom. The second kappa shape index (κ2) is 7.80. The number of carbonyl (C=O) groups is 1. The molecule has 144 valence electrons. The van der Waals surface area contributed by atoms with Crippen LogP contribution in [0.4, 0.5) is 0 Å². The molecule has 0 fully saturated rings. The molecule has 1 atom stereocenters. The van der Waals surface area contributed by atoms with Gasteiger partial charge in [-0.05, 0) is 42.7 Å². The first-order chi connectivity index (χ1) is 12.9. The summed E-state index contributed by atoms with van der Waals surface area (Å²) in [6.45, 7) is 3.69. The van der Waals surface area contributed by atoms with E-state index in [0.717, 1.165) is 16.7 Å². The highest BCUT2D eigenvalue weighted by atomic mass is 32.2. The molecule has 1 N–H and O–H groups in total. The number of ether oxygens (including phenoxy) is 1. The average Bonchev–Trinajstić information content (AvgIpc) is 2.67. The molecule has 27 heavy (non-hydrogen) atoms. The minimum absolute atomic E-state index is 0.0584. The number of hydrogen-bond acceptors (Lipinski definition) is 5. The SMILES string of the molecule is CCOC(=O)C1Cc2ccc(CO)cc2CN1S(=O)(=O)c1ccc(C)cc1. The normalized spacial score (nSPS) is 17.4. The van der Waals surface area contributed by atoms with Crippen molar-refractivity contribution in [3.8, 4) is 0 Å². The summed E-state index contributed by atoms with van der Waals surface area (Å²) >= 11 is 0. The van der Waals surface area contributed by atoms with E-state index in [1.165, 1.54) is 4.31 Å². The van der Waals surface area contributed by atoms with Gasteiger partial charge in [-0.15, -0.1) is 0 Å². The first-order valence-electron chi connectivity index (χ1n) is 8.83. The molecule has 0 radical (unpaired) electrons. The minimum Gasteiger partial charge on any atom is -0.465 e. The number of aliphatic hydroxyl groups is 1. The zero-order valence-corrected chi connectivity index (χ0v) is 16.2. The third-order valence-electron chi connectivity index (χ3n) is 4.73. The minimum atomic E-state index is -3.88. The molecule has 1 heterocycles. The fourth-order valence-electron chi connectivity index (χ4n) is 3.25. The van der Waals surface area contributed by atoms with Gasteiger partial charge in [0.15, 0.2) is 0 Å². The summed E-state index contributed by atoms with van der Waals surface area (Å²) in [6.07, 6.45) is 0.241. The van der Waals surface area contributed by atoms with Crippen LogP contribution >= 0.6 is 0 Å². The van der Waals surface area contributed by atoms with Crippen LogP contribution in [0.5, 0.6) is 0 Å². The largest absolute Gasteiger partial charge is 0.465 e. The number of aryl methyl sites for hydroxylation is 1. The average molecular weight is 389 g/mol. The summed E-state index contributed by atoms with van der Waals surface area (Å²) in [5, 5.41) is 9.37. The Kier molecular flexibility index (Phi) is 5.64. The van der Waals surface area contributed by atoms with Gasteiger partial charge in [-0.25, -0.2) is 8.42 Å². The van der Waals surface area contributed by atoms with Crippen molar-refractivity contribution in [2.75, 3.05) is 6.61 Å². The van der Waals surface area contributed by atoms with Crippen LogP contribution in [-0.4, -0.2) is 36.4 Å². The first-order valence-corrected chi connectivity index (χ1v) is 10.3. The van der Waals surface area contributed by atoms with E-state index in [2.05, 4.69) is 0 Å². The third kappa shape index (κ3) is 3.90. The number of nitrogens with zero attached hydrogens (tertiary/aromatic N) is 1. The maximum atomic E-state index is 13.3. The number of esters is 1. The standard InChI is InChI=1S/C20H23NO5S/c1-3-26-20(23)19-11-16-7-6-15(13-22)10-17(16)12-21(19)27(24,25)18-8-4-14(2)5-9-18/h4-10,19,22H,3,11-13H2,1-2H3. The number of carbonyl (C=O) groups excluding carboxylic acids is 1. The van der Waals surface area contributed by atoms with Gasteiger partial charge in [-0.1, -0.05) is 35.9 Å². The molecule has 6 nitrogen and oxygen atoms in total. The van der Waals surface area contributed by atoms with Crippen LogP contribution in [0.2, 0.25) is 0 Å². The smallest absolute Gasteiger partial charge is 0.324 e. The predicted octanol–water partition coefficient (Wildman–Crippen LogP) is 2.17. The van der Waals surface area contributed by atoms with Crippen LogP contribution in [0.25, 0.3) is 0 Å². The van der Waals surface area contributed by atoms with E-state index in [1.807, 2.05) is 13.0 Å². The van der Waals surface area contributed by atoms with Gasteiger partial charge in [0.1, 0.15) is 6.04 Å². The summed E-state index contributed by atoms with van der Waals surface area (Å²) in [6, 6.07) is 11.0. The zero-order chi connectivity index (χ0) is 19.6. The molecule has 1 aliphatic rings. The second-order valence-corrected chi connectivity index (χ2v) is 8.49. The molecule has 0 bridgehead atoms. The summed E-state index contributed by atoms with van der Waals surface area (Å²) in [7, 11) is -3.88. The van der Waals surface area contributed by atoms with Crippen molar-refractivity contribution in [2.24, 2.45) is 0 Å². The Morgan fingerprint density at radius 2 is 1.89 bits per heavy atom. The summed E-state index contributed by atoms with van der Waals surface area (Å²) in [5.41, 5.74) is 3.34. The van der Waals surface area contributed by atoms with Crippen LogP contribution < -0.4 is 0 Å². The predicted molar refractivity (Wildman–Crippen MR) is 100 cm³/mol. The molecule has 0 amide bonds. The van der Waals surface area contributed by atoms with E-state index >= 15 is 0 Å². The van der Waals surface area contributed by atoms with Crippen molar-refractivity contribution < 1.29 is 23.1 Å². The quantitative estimate of drug-likeness (QED) is 0.793. The number of fused-ring (bicyclic) bond motifs is 1. The second-order valence-electron chi connectivity index (χ2n) is 6.60. The number of sulfonamides is 1. The molecule has 0 saturated heterocycles. The van der Waals surface area contributed by atoms with Gasteiger partial charge in [0.25, 0.3) is 0 Å². The maximum Gasteiger partial charge on any atom is 0.324 e. The van der Waals surface area contributed by atoms with Gasteiger partial charge in [0.2, 0.25) is 10.0 Å². The molecule has 0 aromatic heterocycles. The van der Waals surface area contributed by atoms with Gasteiger partial charge in [-0.3, -0.25) is 4.79 Å². The monoisotopic (exact) mass is 389 g/mol. The van der Waals surface area contributed by atoms with Crippen molar-refractivity contribution in [3.63, 3.8) is 0 Å². The van der Waals surface area contributed by atoms with E-state index in [-0.39, 0.29) is 31.1 Å². The van der Waals surface area contributed by atoms with E-state index in [4.69, 9.17) is 4.74 Å². The van der Waals surface area contributed by atoms with Crippen LogP contribution in [0, 0.1) is 6.92 Å². The van der Waals surface area contributed by atoms with Crippen LogP contribution in [0.1, 0.15) is 29.2 Å². The lowest BCUT2D eigenvalue weighted by molar-refractivity contribution is -0.148. The highest BCUT2D eigenvalue weighted by Crippen LogP contribution is 2.30. The first kappa shape index (κ1) is 19.5. The van der Waals surface area contributed by atoms with E-state index < -0.39 is 22.0 Å². The lowest BCUT2D eigenvalue weighted by Crippen LogP contribution is -2.49. The molecule has 7 heteroatoms. The molecular formula is C20H23NO5S. The molecular weight excluding hydrogens is 366 g/mol. The van der Waals surface area contributed by atoms with E-state index in [9.17, 15) is 18.3 Å². The van der Waals surface area contributed by atoms with Crippen molar-refractivity contribution in [1.82, 2.24) is 4.31 Å². The molecule has 1 unspecified atom stereocenters. The lowest BCUT2D eigenvalue weighted by atomic mass is 9.94. The van der Waals surface area contributed by atoms with Gasteiger partial charge >= 0.3 is 5.97 Å². The van der Waals surface area contributed by atoms with Crippen molar-refractivity contribution in [1.29, 1.82) is 0 Å². The molecule has 0 saturated carbocycles. The molecule has 2 aromatic carbocycles. The van der Waals surface area contributed by atoms with Crippen LogP contribution in [0.15, 0.2) is 47.4 Å². The Bertz CT molecular complexity index is 937. The maximum absolute atomic E-state index is 13.3. The fourth-order valence-corrected chi connectivity index (χ4v) is 4.81. The zero-order valence-electron chi connectivity index (χ0n) is 15.4. The number of rotatable bonds is 5. The fraction of sp³-hybridized carbons (Fsp3) is 0.350.